The van der Waals surface area contributed by atoms with Crippen LogP contribution in [-0.2, 0) is 9.53 Å². The maximum absolute atomic E-state index is 11.6. The smallest absolute Gasteiger partial charge is 0.338 e. The molecule has 0 saturated heterocycles. The highest BCUT2D eigenvalue weighted by atomic mass is 16.6. The van der Waals surface area contributed by atoms with Gasteiger partial charge in [0.1, 0.15) is 11.9 Å². The number of aromatic nitrogens is 2. The summed E-state index contributed by atoms with van der Waals surface area (Å²) in [5.41, 5.74) is 0.327. The average Bonchev–Trinajstić information content (AvgIpc) is 2.15. The minimum Gasteiger partial charge on any atom is -0.456 e. The molecule has 4 heteroatoms. The summed E-state index contributed by atoms with van der Waals surface area (Å²) in [6.45, 7) is 9.07. The average molecular weight is 206 g/mol. The predicted molar refractivity (Wildman–Crippen MR) is 56.9 cm³/mol. The number of hydrogen-bond donors (Lipinski definition) is 0. The van der Waals surface area contributed by atoms with E-state index in [4.69, 9.17) is 4.74 Å². The summed E-state index contributed by atoms with van der Waals surface area (Å²) in [4.78, 5) is 19.2. The molecule has 1 heterocycles. The standard InChI is InChI=1S/C11H14N2O2/c1-8(9-5-12-7-13-6-9)10(14)15-11(2,3)4/h5-7H,1H2,2-4H3. The second-order valence-electron chi connectivity index (χ2n) is 4.11. The Balaban J connectivity index is 2.75. The van der Waals surface area contributed by atoms with Crippen LogP contribution >= 0.6 is 0 Å². The van der Waals surface area contributed by atoms with Crippen molar-refractivity contribution in [2.75, 3.05) is 0 Å². The van der Waals surface area contributed by atoms with Crippen molar-refractivity contribution in [1.29, 1.82) is 0 Å². The lowest BCUT2D eigenvalue weighted by atomic mass is 10.1. The van der Waals surface area contributed by atoms with Gasteiger partial charge in [-0.1, -0.05) is 6.58 Å². The number of ether oxygens (including phenoxy) is 1. The van der Waals surface area contributed by atoms with E-state index in [1.165, 1.54) is 18.7 Å². The Labute approximate surface area is 89.0 Å². The summed E-state index contributed by atoms with van der Waals surface area (Å²) in [6.07, 6.45) is 4.45. The maximum Gasteiger partial charge on any atom is 0.338 e. The fourth-order valence-corrected chi connectivity index (χ4v) is 0.912. The molecular formula is C11H14N2O2. The molecule has 0 aromatic carbocycles. The van der Waals surface area contributed by atoms with Crippen molar-refractivity contribution in [3.8, 4) is 0 Å². The van der Waals surface area contributed by atoms with Crippen molar-refractivity contribution in [3.63, 3.8) is 0 Å². The summed E-state index contributed by atoms with van der Waals surface area (Å²) in [7, 11) is 0. The van der Waals surface area contributed by atoms with Crippen molar-refractivity contribution in [2.45, 2.75) is 26.4 Å². The zero-order valence-corrected chi connectivity index (χ0v) is 9.15. The van der Waals surface area contributed by atoms with Gasteiger partial charge in [-0.3, -0.25) is 0 Å². The van der Waals surface area contributed by atoms with Crippen LogP contribution in [0.4, 0.5) is 0 Å². The Hall–Kier alpha value is -1.71. The van der Waals surface area contributed by atoms with Crippen LogP contribution in [0.3, 0.4) is 0 Å². The van der Waals surface area contributed by atoms with Crippen LogP contribution in [0.25, 0.3) is 5.57 Å². The lowest BCUT2D eigenvalue weighted by molar-refractivity contribution is -0.147. The van der Waals surface area contributed by atoms with Crippen LogP contribution in [-0.4, -0.2) is 21.5 Å². The minimum absolute atomic E-state index is 0.269. The first-order valence-electron chi connectivity index (χ1n) is 4.58. The van der Waals surface area contributed by atoms with Crippen molar-refractivity contribution in [1.82, 2.24) is 9.97 Å². The zero-order chi connectivity index (χ0) is 11.5. The van der Waals surface area contributed by atoms with Gasteiger partial charge in [-0.25, -0.2) is 14.8 Å². The van der Waals surface area contributed by atoms with E-state index in [1.807, 2.05) is 0 Å². The first-order valence-corrected chi connectivity index (χ1v) is 4.58. The summed E-state index contributed by atoms with van der Waals surface area (Å²) < 4.78 is 5.16. The van der Waals surface area contributed by atoms with E-state index >= 15 is 0 Å². The Morgan fingerprint density at radius 3 is 2.33 bits per heavy atom. The van der Waals surface area contributed by atoms with Gasteiger partial charge < -0.3 is 4.74 Å². The van der Waals surface area contributed by atoms with Gasteiger partial charge in [-0.2, -0.15) is 0 Å². The van der Waals surface area contributed by atoms with Gasteiger partial charge in [-0.15, -0.1) is 0 Å². The molecular weight excluding hydrogens is 192 g/mol. The molecule has 0 aliphatic rings. The van der Waals surface area contributed by atoms with Gasteiger partial charge in [0.2, 0.25) is 0 Å². The number of esters is 1. The highest BCUT2D eigenvalue weighted by Gasteiger charge is 2.19. The summed E-state index contributed by atoms with van der Waals surface area (Å²) in [5.74, 6) is -0.447. The quantitative estimate of drug-likeness (QED) is 0.547. The lowest BCUT2D eigenvalue weighted by Crippen LogP contribution is -2.24. The number of carbonyl (C=O) groups is 1. The molecule has 0 spiro atoms. The predicted octanol–water partition coefficient (Wildman–Crippen LogP) is 1.83. The Bertz CT molecular complexity index is 366. The highest BCUT2D eigenvalue weighted by Crippen LogP contribution is 2.16. The van der Waals surface area contributed by atoms with Crippen LogP contribution in [0.5, 0.6) is 0 Å². The normalized spacial score (nSPS) is 10.9. The van der Waals surface area contributed by atoms with Gasteiger partial charge in [0.05, 0.1) is 5.57 Å². The number of carbonyl (C=O) groups excluding carboxylic acids is 1. The molecule has 0 fully saturated rings. The molecule has 0 saturated carbocycles. The van der Waals surface area contributed by atoms with Gasteiger partial charge in [0, 0.05) is 18.0 Å². The van der Waals surface area contributed by atoms with E-state index in [0.29, 0.717) is 5.56 Å². The van der Waals surface area contributed by atoms with Gasteiger partial charge in [0.25, 0.3) is 0 Å². The molecule has 0 bridgehead atoms. The molecule has 1 aromatic heterocycles. The summed E-state index contributed by atoms with van der Waals surface area (Å²) >= 11 is 0. The van der Waals surface area contributed by atoms with Crippen molar-refractivity contribution in [3.05, 3.63) is 30.9 Å². The van der Waals surface area contributed by atoms with Gasteiger partial charge in [0.15, 0.2) is 0 Å². The van der Waals surface area contributed by atoms with E-state index in [-0.39, 0.29) is 5.57 Å². The molecule has 80 valence electrons. The zero-order valence-electron chi connectivity index (χ0n) is 9.15. The van der Waals surface area contributed by atoms with E-state index in [0.717, 1.165) is 0 Å². The van der Waals surface area contributed by atoms with Crippen molar-refractivity contribution in [2.24, 2.45) is 0 Å². The van der Waals surface area contributed by atoms with Gasteiger partial charge in [-0.05, 0) is 20.8 Å². The first-order chi connectivity index (χ1) is 6.90. The van der Waals surface area contributed by atoms with Crippen LogP contribution < -0.4 is 0 Å². The number of nitrogens with zero attached hydrogens (tertiary/aromatic N) is 2. The molecule has 4 nitrogen and oxygen atoms in total. The first kappa shape index (κ1) is 11.4. The molecule has 0 aliphatic heterocycles. The van der Waals surface area contributed by atoms with Crippen molar-refractivity contribution >= 4 is 11.5 Å². The minimum atomic E-state index is -0.518. The molecule has 0 N–H and O–H groups in total. The maximum atomic E-state index is 11.6. The molecule has 0 radical (unpaired) electrons. The molecule has 1 aromatic rings. The van der Waals surface area contributed by atoms with Gasteiger partial charge >= 0.3 is 5.97 Å². The third kappa shape index (κ3) is 3.50. The van der Waals surface area contributed by atoms with Crippen molar-refractivity contribution < 1.29 is 9.53 Å². The topological polar surface area (TPSA) is 52.1 Å². The SMILES string of the molecule is C=C(C(=O)OC(C)(C)C)c1cncnc1. The lowest BCUT2D eigenvalue weighted by Gasteiger charge is -2.20. The van der Waals surface area contributed by atoms with E-state index in [9.17, 15) is 4.79 Å². The Morgan fingerprint density at radius 1 is 1.33 bits per heavy atom. The fraction of sp³-hybridized carbons (Fsp3) is 0.364. The molecule has 0 unspecified atom stereocenters. The summed E-state index contributed by atoms with van der Waals surface area (Å²) in [6, 6.07) is 0. The third-order valence-electron chi connectivity index (χ3n) is 1.55. The fourth-order valence-electron chi connectivity index (χ4n) is 0.912. The molecule has 0 aliphatic carbocycles. The van der Waals surface area contributed by atoms with E-state index < -0.39 is 11.6 Å². The summed E-state index contributed by atoms with van der Waals surface area (Å²) in [5, 5.41) is 0. The van der Waals surface area contributed by atoms with Crippen LogP contribution in [0.1, 0.15) is 26.3 Å². The van der Waals surface area contributed by atoms with Crippen LogP contribution in [0.2, 0.25) is 0 Å². The second-order valence-corrected chi connectivity index (χ2v) is 4.11. The van der Waals surface area contributed by atoms with E-state index in [2.05, 4.69) is 16.5 Å². The third-order valence-corrected chi connectivity index (χ3v) is 1.55. The monoisotopic (exact) mass is 206 g/mol. The second kappa shape index (κ2) is 4.21. The molecule has 1 rings (SSSR count). The number of hydrogen-bond acceptors (Lipinski definition) is 4. The Morgan fingerprint density at radius 2 is 1.87 bits per heavy atom. The highest BCUT2D eigenvalue weighted by molar-refractivity contribution is 6.15. The van der Waals surface area contributed by atoms with Crippen LogP contribution in [0, 0.1) is 0 Å². The largest absolute Gasteiger partial charge is 0.456 e. The Kier molecular flexibility index (Phi) is 3.19. The van der Waals surface area contributed by atoms with Crippen LogP contribution in [0.15, 0.2) is 25.3 Å². The van der Waals surface area contributed by atoms with E-state index in [1.54, 1.807) is 20.8 Å². The molecule has 0 amide bonds. The number of rotatable bonds is 2. The molecule has 15 heavy (non-hydrogen) atoms. The molecule has 0 atom stereocenters.